The number of hydrogen-bond donors (Lipinski definition) is 1. The van der Waals surface area contributed by atoms with Crippen molar-refractivity contribution in [2.45, 2.75) is 13.8 Å². The first-order chi connectivity index (χ1) is 7.60. The third-order valence-corrected chi connectivity index (χ3v) is 2.69. The third kappa shape index (κ3) is 2.85. The molecular formula is C12H15NO2S. The molecule has 1 rings (SSSR count). The predicted molar refractivity (Wildman–Crippen MR) is 67.0 cm³/mol. The number of carbonyl (C=O) groups excluding carboxylic acids is 2. The maximum absolute atomic E-state index is 11.9. The molecule has 86 valence electrons. The van der Waals surface area contributed by atoms with E-state index in [0.29, 0.717) is 24.2 Å². The van der Waals surface area contributed by atoms with Gasteiger partial charge < -0.3 is 4.90 Å². The van der Waals surface area contributed by atoms with Crippen molar-refractivity contribution >= 4 is 23.7 Å². The smallest absolute Gasteiger partial charge is 0.253 e. The minimum Gasteiger partial charge on any atom is -0.339 e. The van der Waals surface area contributed by atoms with Crippen LogP contribution in [0, 0.1) is 0 Å². The van der Waals surface area contributed by atoms with Crippen molar-refractivity contribution in [1.82, 2.24) is 4.90 Å². The van der Waals surface area contributed by atoms with Gasteiger partial charge in [-0.25, -0.2) is 0 Å². The lowest BCUT2D eigenvalue weighted by atomic mass is 10.1. The van der Waals surface area contributed by atoms with E-state index < -0.39 is 0 Å². The number of hydrogen-bond acceptors (Lipinski definition) is 2. The Bertz CT molecular complexity index is 383. The molecule has 0 saturated carbocycles. The summed E-state index contributed by atoms with van der Waals surface area (Å²) in [6.45, 7) is 5.24. The summed E-state index contributed by atoms with van der Waals surface area (Å²) < 4.78 is 0. The van der Waals surface area contributed by atoms with Crippen LogP contribution in [0.25, 0.3) is 0 Å². The summed E-state index contributed by atoms with van der Waals surface area (Å²) in [5, 5.41) is -0.290. The van der Waals surface area contributed by atoms with Crippen molar-refractivity contribution in [3.63, 3.8) is 0 Å². The highest BCUT2D eigenvalue weighted by Gasteiger charge is 2.12. The fourth-order valence-corrected chi connectivity index (χ4v) is 1.60. The van der Waals surface area contributed by atoms with Crippen LogP contribution in [0.15, 0.2) is 24.3 Å². The number of carbonyl (C=O) groups is 2. The van der Waals surface area contributed by atoms with Crippen LogP contribution in [0.4, 0.5) is 0 Å². The number of amides is 1. The second-order valence-corrected chi connectivity index (χ2v) is 3.77. The molecule has 0 heterocycles. The SMILES string of the molecule is CCN(CC)C(=O)c1ccc(C(=O)S)cc1. The van der Waals surface area contributed by atoms with Crippen molar-refractivity contribution in [3.05, 3.63) is 35.4 Å². The molecule has 0 unspecified atom stereocenters. The van der Waals surface area contributed by atoms with E-state index in [2.05, 4.69) is 12.6 Å². The van der Waals surface area contributed by atoms with Gasteiger partial charge >= 0.3 is 0 Å². The Morgan fingerprint density at radius 1 is 1.06 bits per heavy atom. The maximum Gasteiger partial charge on any atom is 0.253 e. The van der Waals surface area contributed by atoms with E-state index >= 15 is 0 Å². The summed E-state index contributed by atoms with van der Waals surface area (Å²) in [6, 6.07) is 6.55. The van der Waals surface area contributed by atoms with Crippen molar-refractivity contribution < 1.29 is 9.59 Å². The fourth-order valence-electron chi connectivity index (χ4n) is 1.45. The molecule has 0 bridgehead atoms. The quantitative estimate of drug-likeness (QED) is 0.815. The molecule has 0 radical (unpaired) electrons. The Balaban J connectivity index is 2.89. The van der Waals surface area contributed by atoms with Gasteiger partial charge in [0, 0.05) is 24.2 Å². The van der Waals surface area contributed by atoms with Gasteiger partial charge in [-0.15, -0.1) is 12.6 Å². The largest absolute Gasteiger partial charge is 0.339 e. The summed E-state index contributed by atoms with van der Waals surface area (Å²) in [4.78, 5) is 24.6. The zero-order valence-electron chi connectivity index (χ0n) is 9.43. The molecular weight excluding hydrogens is 222 g/mol. The lowest BCUT2D eigenvalue weighted by Gasteiger charge is -2.18. The van der Waals surface area contributed by atoms with E-state index in [1.807, 2.05) is 13.8 Å². The van der Waals surface area contributed by atoms with Gasteiger partial charge in [-0.2, -0.15) is 0 Å². The molecule has 3 nitrogen and oxygen atoms in total. The molecule has 0 spiro atoms. The standard InChI is InChI=1S/C12H15NO2S/c1-3-13(4-2)11(14)9-5-7-10(8-6-9)12(15)16/h5-8H,3-4H2,1-2H3,(H,15,16). The summed E-state index contributed by atoms with van der Waals surface area (Å²) in [7, 11) is 0. The van der Waals surface area contributed by atoms with Crippen LogP contribution in [-0.2, 0) is 0 Å². The fraction of sp³-hybridized carbons (Fsp3) is 0.333. The molecule has 1 aromatic carbocycles. The monoisotopic (exact) mass is 237 g/mol. The van der Waals surface area contributed by atoms with Gasteiger partial charge in [0.05, 0.1) is 0 Å². The molecule has 0 aliphatic carbocycles. The highest BCUT2D eigenvalue weighted by Crippen LogP contribution is 2.09. The molecule has 4 heteroatoms. The summed E-state index contributed by atoms with van der Waals surface area (Å²) >= 11 is 3.72. The van der Waals surface area contributed by atoms with Crippen molar-refractivity contribution in [3.8, 4) is 0 Å². The van der Waals surface area contributed by atoms with E-state index in [9.17, 15) is 9.59 Å². The summed E-state index contributed by atoms with van der Waals surface area (Å²) in [5.41, 5.74) is 1.10. The molecule has 0 N–H and O–H groups in total. The lowest BCUT2D eigenvalue weighted by Crippen LogP contribution is -2.30. The topological polar surface area (TPSA) is 37.4 Å². The average Bonchev–Trinajstić information content (AvgIpc) is 2.30. The zero-order chi connectivity index (χ0) is 12.1. The van der Waals surface area contributed by atoms with Crippen molar-refractivity contribution in [1.29, 1.82) is 0 Å². The van der Waals surface area contributed by atoms with Gasteiger partial charge in [0.15, 0.2) is 0 Å². The molecule has 0 aromatic heterocycles. The van der Waals surface area contributed by atoms with Crippen molar-refractivity contribution in [2.75, 3.05) is 13.1 Å². The van der Waals surface area contributed by atoms with Crippen LogP contribution >= 0.6 is 12.6 Å². The Kier molecular flexibility index (Phi) is 4.55. The van der Waals surface area contributed by atoms with E-state index in [4.69, 9.17) is 0 Å². The van der Waals surface area contributed by atoms with Crippen LogP contribution in [0.5, 0.6) is 0 Å². The molecule has 0 fully saturated rings. The Morgan fingerprint density at radius 2 is 1.50 bits per heavy atom. The van der Waals surface area contributed by atoms with Crippen LogP contribution in [0.2, 0.25) is 0 Å². The van der Waals surface area contributed by atoms with E-state index in [-0.39, 0.29) is 11.0 Å². The number of nitrogens with zero attached hydrogens (tertiary/aromatic N) is 1. The van der Waals surface area contributed by atoms with Crippen LogP contribution < -0.4 is 0 Å². The first-order valence-corrected chi connectivity index (χ1v) is 5.67. The Hall–Kier alpha value is -1.29. The predicted octanol–water partition coefficient (Wildman–Crippen LogP) is 2.24. The van der Waals surface area contributed by atoms with Gasteiger partial charge in [-0.1, -0.05) is 0 Å². The molecule has 0 atom stereocenters. The minimum atomic E-state index is -0.290. The minimum absolute atomic E-state index is 0.0110. The van der Waals surface area contributed by atoms with Gasteiger partial charge in [0.25, 0.3) is 5.91 Å². The number of thiol groups is 1. The molecule has 1 aromatic rings. The highest BCUT2D eigenvalue weighted by atomic mass is 32.1. The first-order valence-electron chi connectivity index (χ1n) is 5.22. The maximum atomic E-state index is 11.9. The van der Waals surface area contributed by atoms with Gasteiger partial charge in [0.1, 0.15) is 0 Å². The summed E-state index contributed by atoms with van der Waals surface area (Å²) in [5.74, 6) is -0.0110. The van der Waals surface area contributed by atoms with Gasteiger partial charge in [-0.3, -0.25) is 9.59 Å². The molecule has 0 aliphatic rings. The lowest BCUT2D eigenvalue weighted by molar-refractivity contribution is 0.0772. The second-order valence-electron chi connectivity index (χ2n) is 3.36. The van der Waals surface area contributed by atoms with Crippen LogP contribution in [0.1, 0.15) is 34.6 Å². The molecule has 16 heavy (non-hydrogen) atoms. The Morgan fingerprint density at radius 3 is 1.88 bits per heavy atom. The highest BCUT2D eigenvalue weighted by molar-refractivity contribution is 7.97. The number of benzene rings is 1. The third-order valence-electron chi connectivity index (χ3n) is 2.43. The first kappa shape index (κ1) is 12.8. The van der Waals surface area contributed by atoms with E-state index in [0.717, 1.165) is 0 Å². The van der Waals surface area contributed by atoms with E-state index in [1.165, 1.54) is 0 Å². The van der Waals surface area contributed by atoms with Crippen LogP contribution in [-0.4, -0.2) is 29.0 Å². The molecule has 0 aliphatic heterocycles. The van der Waals surface area contributed by atoms with Gasteiger partial charge in [0.2, 0.25) is 5.12 Å². The Labute approximate surface area is 101 Å². The average molecular weight is 237 g/mol. The molecule has 0 saturated heterocycles. The number of rotatable bonds is 4. The van der Waals surface area contributed by atoms with Crippen LogP contribution in [0.3, 0.4) is 0 Å². The van der Waals surface area contributed by atoms with Crippen molar-refractivity contribution in [2.24, 2.45) is 0 Å². The zero-order valence-corrected chi connectivity index (χ0v) is 10.3. The second kappa shape index (κ2) is 5.70. The normalized spacial score (nSPS) is 9.94. The summed E-state index contributed by atoms with van der Waals surface area (Å²) in [6.07, 6.45) is 0. The van der Waals surface area contributed by atoms with Gasteiger partial charge in [-0.05, 0) is 38.1 Å². The van der Waals surface area contributed by atoms with E-state index in [1.54, 1.807) is 29.2 Å². The molecule has 1 amide bonds.